The van der Waals surface area contributed by atoms with Crippen molar-refractivity contribution in [3.05, 3.63) is 24.4 Å². The molecule has 0 aliphatic heterocycles. The van der Waals surface area contributed by atoms with Crippen molar-refractivity contribution in [2.75, 3.05) is 5.32 Å². The molecule has 0 saturated heterocycles. The molecular weight excluding hydrogens is 214 g/mol. The number of aromatic nitrogens is 2. The molecule has 1 heterocycles. The minimum Gasteiger partial charge on any atom is -0.393 e. The minimum absolute atomic E-state index is 0.101. The van der Waals surface area contributed by atoms with Gasteiger partial charge in [0, 0.05) is 11.4 Å². The van der Waals surface area contributed by atoms with Crippen molar-refractivity contribution in [3.63, 3.8) is 0 Å². The molecule has 0 radical (unpaired) electrons. The Labute approximate surface area is 100 Å². The number of nitrogens with one attached hydrogen (secondary N) is 2. The molecule has 2 aromatic rings. The maximum atomic E-state index is 9.49. The maximum Gasteiger partial charge on any atom is 0.0881 e. The second kappa shape index (κ2) is 4.37. The largest absolute Gasteiger partial charge is 0.393 e. The van der Waals surface area contributed by atoms with E-state index in [9.17, 15) is 5.11 Å². The maximum absolute atomic E-state index is 9.49. The average molecular weight is 231 g/mol. The molecule has 1 aliphatic rings. The number of fused-ring (bicyclic) bond motifs is 1. The number of benzene rings is 1. The molecular formula is C13H17N3O. The average Bonchev–Trinajstić information content (AvgIpc) is 2.81. The lowest BCUT2D eigenvalue weighted by Gasteiger charge is -2.27. The predicted octanol–water partition coefficient (Wildman–Crippen LogP) is 2.28. The summed E-state index contributed by atoms with van der Waals surface area (Å²) in [6, 6.07) is 6.63. The second-order valence-corrected chi connectivity index (χ2v) is 4.79. The van der Waals surface area contributed by atoms with E-state index in [-0.39, 0.29) is 6.10 Å². The van der Waals surface area contributed by atoms with Crippen LogP contribution in [-0.4, -0.2) is 27.4 Å². The van der Waals surface area contributed by atoms with Crippen LogP contribution < -0.4 is 5.32 Å². The summed E-state index contributed by atoms with van der Waals surface area (Å²) in [7, 11) is 0. The van der Waals surface area contributed by atoms with Crippen molar-refractivity contribution in [1.82, 2.24) is 10.2 Å². The summed E-state index contributed by atoms with van der Waals surface area (Å²) < 4.78 is 0. The Morgan fingerprint density at radius 3 is 2.88 bits per heavy atom. The predicted molar refractivity (Wildman–Crippen MR) is 68.0 cm³/mol. The standard InChI is InChI=1S/C13H17N3O/c17-11-6-4-10(5-7-11)15-12-3-1-2-9-8-14-16-13(9)12/h1-3,8,10-11,15,17H,4-7H2,(H,14,16). The van der Waals surface area contributed by atoms with Gasteiger partial charge in [-0.15, -0.1) is 0 Å². The number of anilines is 1. The lowest BCUT2D eigenvalue weighted by molar-refractivity contribution is 0.126. The molecule has 1 saturated carbocycles. The van der Waals surface area contributed by atoms with Gasteiger partial charge in [0.05, 0.1) is 23.5 Å². The first-order valence-electron chi connectivity index (χ1n) is 6.19. The molecule has 3 rings (SSSR count). The molecule has 0 bridgehead atoms. The van der Waals surface area contributed by atoms with E-state index in [1.54, 1.807) is 0 Å². The molecule has 0 spiro atoms. The summed E-state index contributed by atoms with van der Waals surface area (Å²) in [5.74, 6) is 0. The lowest BCUT2D eigenvalue weighted by Crippen LogP contribution is -2.28. The fourth-order valence-corrected chi connectivity index (χ4v) is 2.53. The van der Waals surface area contributed by atoms with E-state index in [4.69, 9.17) is 0 Å². The number of hydrogen-bond donors (Lipinski definition) is 3. The molecule has 90 valence electrons. The third-order valence-corrected chi connectivity index (χ3v) is 3.53. The number of para-hydroxylation sites is 1. The summed E-state index contributed by atoms with van der Waals surface area (Å²) >= 11 is 0. The van der Waals surface area contributed by atoms with Crippen LogP contribution in [0.25, 0.3) is 10.9 Å². The minimum atomic E-state index is -0.101. The normalized spacial score (nSPS) is 25.0. The zero-order valence-electron chi connectivity index (χ0n) is 9.69. The SMILES string of the molecule is OC1CCC(Nc2cccc3cn[nH]c23)CC1. The molecule has 17 heavy (non-hydrogen) atoms. The summed E-state index contributed by atoms with van der Waals surface area (Å²) in [6.45, 7) is 0. The third kappa shape index (κ3) is 2.13. The van der Waals surface area contributed by atoms with Crippen molar-refractivity contribution in [2.24, 2.45) is 0 Å². The molecule has 0 atom stereocenters. The Kier molecular flexibility index (Phi) is 2.73. The van der Waals surface area contributed by atoms with Crippen LogP contribution in [0.1, 0.15) is 25.7 Å². The zero-order chi connectivity index (χ0) is 11.7. The topological polar surface area (TPSA) is 60.9 Å². The summed E-state index contributed by atoms with van der Waals surface area (Å²) in [5, 5.41) is 21.3. The van der Waals surface area contributed by atoms with Gasteiger partial charge in [0.1, 0.15) is 0 Å². The van der Waals surface area contributed by atoms with Crippen molar-refractivity contribution in [1.29, 1.82) is 0 Å². The number of rotatable bonds is 2. The molecule has 3 N–H and O–H groups in total. The van der Waals surface area contributed by atoms with Gasteiger partial charge in [-0.3, -0.25) is 5.10 Å². The zero-order valence-corrected chi connectivity index (χ0v) is 9.69. The smallest absolute Gasteiger partial charge is 0.0881 e. The number of nitrogens with zero attached hydrogens (tertiary/aromatic N) is 1. The van der Waals surface area contributed by atoms with Crippen LogP contribution in [0.2, 0.25) is 0 Å². The van der Waals surface area contributed by atoms with Crippen LogP contribution >= 0.6 is 0 Å². The summed E-state index contributed by atoms with van der Waals surface area (Å²) in [4.78, 5) is 0. The highest BCUT2D eigenvalue weighted by atomic mass is 16.3. The fourth-order valence-electron chi connectivity index (χ4n) is 2.53. The molecule has 1 aromatic heterocycles. The van der Waals surface area contributed by atoms with E-state index in [1.165, 1.54) is 0 Å². The third-order valence-electron chi connectivity index (χ3n) is 3.53. The quantitative estimate of drug-likeness (QED) is 0.743. The number of aliphatic hydroxyl groups is 1. The molecule has 0 unspecified atom stereocenters. The van der Waals surface area contributed by atoms with E-state index in [0.29, 0.717) is 6.04 Å². The van der Waals surface area contributed by atoms with Crippen LogP contribution in [-0.2, 0) is 0 Å². The van der Waals surface area contributed by atoms with Crippen LogP contribution in [0.4, 0.5) is 5.69 Å². The first-order chi connectivity index (χ1) is 8.33. The van der Waals surface area contributed by atoms with E-state index < -0.39 is 0 Å². The van der Waals surface area contributed by atoms with Gasteiger partial charge in [-0.05, 0) is 31.7 Å². The fraction of sp³-hybridized carbons (Fsp3) is 0.462. The lowest BCUT2D eigenvalue weighted by atomic mass is 9.93. The van der Waals surface area contributed by atoms with Gasteiger partial charge < -0.3 is 10.4 Å². The van der Waals surface area contributed by atoms with E-state index >= 15 is 0 Å². The molecule has 4 heteroatoms. The van der Waals surface area contributed by atoms with Gasteiger partial charge in [0.15, 0.2) is 0 Å². The van der Waals surface area contributed by atoms with Crippen molar-refractivity contribution >= 4 is 16.6 Å². The van der Waals surface area contributed by atoms with Crippen LogP contribution in [0.5, 0.6) is 0 Å². The Bertz CT molecular complexity index is 500. The van der Waals surface area contributed by atoms with Crippen LogP contribution in [0, 0.1) is 0 Å². The first kappa shape index (κ1) is 10.6. The van der Waals surface area contributed by atoms with Crippen LogP contribution in [0.15, 0.2) is 24.4 Å². The summed E-state index contributed by atoms with van der Waals surface area (Å²) in [5.41, 5.74) is 2.18. The number of H-pyrrole nitrogens is 1. The van der Waals surface area contributed by atoms with Gasteiger partial charge >= 0.3 is 0 Å². The van der Waals surface area contributed by atoms with Gasteiger partial charge in [-0.2, -0.15) is 5.10 Å². The molecule has 4 nitrogen and oxygen atoms in total. The summed E-state index contributed by atoms with van der Waals surface area (Å²) in [6.07, 6.45) is 5.60. The van der Waals surface area contributed by atoms with E-state index in [0.717, 1.165) is 42.3 Å². The Morgan fingerprint density at radius 2 is 2.06 bits per heavy atom. The Morgan fingerprint density at radius 1 is 1.24 bits per heavy atom. The van der Waals surface area contributed by atoms with E-state index in [1.807, 2.05) is 12.3 Å². The van der Waals surface area contributed by atoms with Crippen LogP contribution in [0.3, 0.4) is 0 Å². The van der Waals surface area contributed by atoms with Gasteiger partial charge in [0.2, 0.25) is 0 Å². The Balaban J connectivity index is 1.78. The van der Waals surface area contributed by atoms with Gasteiger partial charge in [-0.1, -0.05) is 12.1 Å². The molecule has 1 fully saturated rings. The van der Waals surface area contributed by atoms with Gasteiger partial charge in [-0.25, -0.2) is 0 Å². The molecule has 1 aromatic carbocycles. The van der Waals surface area contributed by atoms with Gasteiger partial charge in [0.25, 0.3) is 0 Å². The molecule has 0 amide bonds. The monoisotopic (exact) mass is 231 g/mol. The number of aromatic amines is 1. The number of aliphatic hydroxyl groups excluding tert-OH is 1. The van der Waals surface area contributed by atoms with Crippen molar-refractivity contribution < 1.29 is 5.11 Å². The first-order valence-corrected chi connectivity index (χ1v) is 6.19. The van der Waals surface area contributed by atoms with Crippen molar-refractivity contribution in [3.8, 4) is 0 Å². The molecule has 1 aliphatic carbocycles. The second-order valence-electron chi connectivity index (χ2n) is 4.79. The Hall–Kier alpha value is -1.55. The highest BCUT2D eigenvalue weighted by molar-refractivity contribution is 5.89. The highest BCUT2D eigenvalue weighted by Gasteiger charge is 2.19. The number of hydrogen-bond acceptors (Lipinski definition) is 3. The highest BCUT2D eigenvalue weighted by Crippen LogP contribution is 2.26. The van der Waals surface area contributed by atoms with Crippen molar-refractivity contribution in [2.45, 2.75) is 37.8 Å². The van der Waals surface area contributed by atoms with E-state index in [2.05, 4.69) is 27.6 Å².